The van der Waals surface area contributed by atoms with Crippen LogP contribution in [0.2, 0.25) is 0 Å². The van der Waals surface area contributed by atoms with Crippen molar-refractivity contribution < 1.29 is 14.2 Å². The van der Waals surface area contributed by atoms with E-state index < -0.39 is 0 Å². The highest BCUT2D eigenvalue weighted by Gasteiger charge is 2.22. The third-order valence-electron chi connectivity index (χ3n) is 6.13. The Morgan fingerprint density at radius 1 is 1.22 bits per heavy atom. The van der Waals surface area contributed by atoms with Crippen LogP contribution in [-0.2, 0) is 11.3 Å². The van der Waals surface area contributed by atoms with Crippen LogP contribution in [0.3, 0.4) is 0 Å². The van der Waals surface area contributed by atoms with Crippen LogP contribution < -0.4 is 20.3 Å². The normalized spacial score (nSPS) is 15.9. The molecule has 8 heteroatoms. The Balaban J connectivity index is 1.61. The monoisotopic (exact) mass is 440 g/mol. The van der Waals surface area contributed by atoms with E-state index in [2.05, 4.69) is 24.3 Å². The van der Waals surface area contributed by atoms with E-state index in [-0.39, 0.29) is 17.5 Å². The van der Waals surface area contributed by atoms with E-state index in [1.54, 1.807) is 20.3 Å². The molecule has 1 atom stereocenters. The van der Waals surface area contributed by atoms with E-state index in [0.717, 1.165) is 43.0 Å². The molecule has 0 spiro atoms. The molecule has 1 aliphatic rings. The van der Waals surface area contributed by atoms with Gasteiger partial charge in [0.2, 0.25) is 0 Å². The first-order chi connectivity index (χ1) is 15.5. The van der Waals surface area contributed by atoms with Gasteiger partial charge in [0.05, 0.1) is 26.0 Å². The molecule has 3 aromatic rings. The molecule has 2 N–H and O–H groups in total. The molecule has 3 heterocycles. The van der Waals surface area contributed by atoms with Crippen molar-refractivity contribution in [2.45, 2.75) is 45.2 Å². The van der Waals surface area contributed by atoms with Gasteiger partial charge in [-0.1, -0.05) is 26.0 Å². The number of hydrogen-bond donors (Lipinski definition) is 2. The number of ether oxygens (including phenoxy) is 3. The van der Waals surface area contributed by atoms with Crippen LogP contribution in [0, 0.1) is 5.92 Å². The minimum atomic E-state index is -0.102. The Kier molecular flexibility index (Phi) is 6.81. The molecule has 4 rings (SSSR count). The molecular weight excluding hydrogens is 408 g/mol. The summed E-state index contributed by atoms with van der Waals surface area (Å²) >= 11 is 0. The Bertz CT molecular complexity index is 1110. The van der Waals surface area contributed by atoms with Crippen molar-refractivity contribution in [1.82, 2.24) is 19.9 Å². The van der Waals surface area contributed by atoms with Crippen LogP contribution in [-0.4, -0.2) is 42.0 Å². The lowest BCUT2D eigenvalue weighted by atomic mass is 9.97. The van der Waals surface area contributed by atoms with Crippen LogP contribution in [0.5, 0.6) is 11.5 Å². The van der Waals surface area contributed by atoms with Crippen molar-refractivity contribution in [3.8, 4) is 11.5 Å². The Labute approximate surface area is 187 Å². The number of para-hydroxylation sites is 1. The molecule has 0 unspecified atom stereocenters. The standard InChI is InChI=1S/C24H32N4O4/c1-15(2)23(25-14-17-6-5-7-20(30-3)24(17)31-4)19-13-22(29)28-21(26-19)12-18(27-28)16-8-10-32-11-9-16/h5-7,12-13,15-16,23,25,27H,8-11,14H2,1-4H3/t23-/m1/s1. The van der Waals surface area contributed by atoms with Gasteiger partial charge < -0.3 is 19.5 Å². The van der Waals surface area contributed by atoms with Gasteiger partial charge in [-0.25, -0.2) is 9.50 Å². The zero-order valence-corrected chi connectivity index (χ0v) is 19.2. The predicted octanol–water partition coefficient (Wildman–Crippen LogP) is 3.42. The Morgan fingerprint density at radius 2 is 2.00 bits per heavy atom. The molecule has 1 fully saturated rings. The fourth-order valence-electron chi connectivity index (χ4n) is 4.40. The third-order valence-corrected chi connectivity index (χ3v) is 6.13. The second-order valence-corrected chi connectivity index (χ2v) is 8.57. The van der Waals surface area contributed by atoms with Gasteiger partial charge in [0.1, 0.15) is 0 Å². The summed E-state index contributed by atoms with van der Waals surface area (Å²) in [4.78, 5) is 17.7. The molecule has 1 aliphatic heterocycles. The van der Waals surface area contributed by atoms with Gasteiger partial charge >= 0.3 is 0 Å². The number of aromatic nitrogens is 3. The average Bonchev–Trinajstić information content (AvgIpc) is 3.24. The average molecular weight is 441 g/mol. The highest BCUT2D eigenvalue weighted by molar-refractivity contribution is 5.46. The van der Waals surface area contributed by atoms with Crippen LogP contribution in [0.15, 0.2) is 35.1 Å². The first-order valence-corrected chi connectivity index (χ1v) is 11.2. The van der Waals surface area contributed by atoms with E-state index in [4.69, 9.17) is 19.2 Å². The SMILES string of the molecule is COc1cccc(CN[C@@H](c2cc(=O)n3[nH]c(C4CCOCC4)cc3n2)C(C)C)c1OC. The zero-order valence-electron chi connectivity index (χ0n) is 19.2. The van der Waals surface area contributed by atoms with Crippen LogP contribution in [0.25, 0.3) is 5.65 Å². The van der Waals surface area contributed by atoms with Gasteiger partial charge in [0, 0.05) is 49.1 Å². The van der Waals surface area contributed by atoms with Gasteiger partial charge in [-0.2, -0.15) is 0 Å². The molecule has 0 aliphatic carbocycles. The fraction of sp³-hybridized carbons (Fsp3) is 0.500. The number of H-pyrrole nitrogens is 1. The second-order valence-electron chi connectivity index (χ2n) is 8.57. The highest BCUT2D eigenvalue weighted by Crippen LogP contribution is 2.31. The summed E-state index contributed by atoms with van der Waals surface area (Å²) in [6.07, 6.45) is 1.90. The Morgan fingerprint density at radius 3 is 2.69 bits per heavy atom. The number of nitrogens with zero attached hydrogens (tertiary/aromatic N) is 2. The number of methoxy groups -OCH3 is 2. The second kappa shape index (κ2) is 9.75. The number of aromatic amines is 1. The number of rotatable bonds is 8. The van der Waals surface area contributed by atoms with Crippen LogP contribution in [0.4, 0.5) is 0 Å². The van der Waals surface area contributed by atoms with E-state index in [9.17, 15) is 4.79 Å². The number of fused-ring (bicyclic) bond motifs is 1. The highest BCUT2D eigenvalue weighted by atomic mass is 16.5. The van der Waals surface area contributed by atoms with Crippen molar-refractivity contribution in [1.29, 1.82) is 0 Å². The lowest BCUT2D eigenvalue weighted by molar-refractivity contribution is 0.0844. The summed E-state index contributed by atoms with van der Waals surface area (Å²) in [5.74, 6) is 2.00. The molecule has 0 saturated carbocycles. The van der Waals surface area contributed by atoms with E-state index in [1.807, 2.05) is 24.3 Å². The summed E-state index contributed by atoms with van der Waals surface area (Å²) in [7, 11) is 3.27. The van der Waals surface area contributed by atoms with E-state index in [0.29, 0.717) is 29.6 Å². The quantitative estimate of drug-likeness (QED) is 0.558. The predicted molar refractivity (Wildman–Crippen MR) is 123 cm³/mol. The topological polar surface area (TPSA) is 89.9 Å². The van der Waals surface area contributed by atoms with Crippen molar-refractivity contribution in [3.63, 3.8) is 0 Å². The molecule has 0 radical (unpaired) electrons. The first kappa shape index (κ1) is 22.4. The minimum absolute atomic E-state index is 0.0926. The van der Waals surface area contributed by atoms with Gasteiger partial charge in [-0.3, -0.25) is 9.89 Å². The Hall–Kier alpha value is -2.84. The number of nitrogens with one attached hydrogen (secondary N) is 2. The number of benzene rings is 1. The molecular formula is C24H32N4O4. The van der Waals surface area contributed by atoms with E-state index >= 15 is 0 Å². The summed E-state index contributed by atoms with van der Waals surface area (Å²) in [5.41, 5.74) is 3.32. The van der Waals surface area contributed by atoms with Gasteiger partial charge in [-0.05, 0) is 24.8 Å². The van der Waals surface area contributed by atoms with Crippen molar-refractivity contribution in [3.05, 3.63) is 57.6 Å². The van der Waals surface area contributed by atoms with Crippen LogP contribution in [0.1, 0.15) is 55.6 Å². The number of hydrogen-bond acceptors (Lipinski definition) is 6. The smallest absolute Gasteiger partial charge is 0.272 e. The van der Waals surface area contributed by atoms with Crippen molar-refractivity contribution in [2.75, 3.05) is 27.4 Å². The molecule has 172 valence electrons. The maximum absolute atomic E-state index is 12.9. The molecule has 0 bridgehead atoms. The van der Waals surface area contributed by atoms with Crippen LogP contribution >= 0.6 is 0 Å². The van der Waals surface area contributed by atoms with Crippen molar-refractivity contribution in [2.24, 2.45) is 5.92 Å². The van der Waals surface area contributed by atoms with E-state index in [1.165, 1.54) is 4.52 Å². The summed E-state index contributed by atoms with van der Waals surface area (Å²) < 4.78 is 18.0. The van der Waals surface area contributed by atoms with Gasteiger partial charge in [-0.15, -0.1) is 0 Å². The molecule has 1 saturated heterocycles. The lowest BCUT2D eigenvalue weighted by Crippen LogP contribution is -2.28. The molecule has 8 nitrogen and oxygen atoms in total. The molecule has 1 aromatic carbocycles. The maximum atomic E-state index is 12.9. The lowest BCUT2D eigenvalue weighted by Gasteiger charge is -2.23. The third kappa shape index (κ3) is 4.52. The first-order valence-electron chi connectivity index (χ1n) is 11.2. The zero-order chi connectivity index (χ0) is 22.7. The summed E-state index contributed by atoms with van der Waals surface area (Å²) in [6.45, 7) is 6.30. The minimum Gasteiger partial charge on any atom is -0.493 e. The van der Waals surface area contributed by atoms with Gasteiger partial charge in [0.25, 0.3) is 5.56 Å². The molecule has 32 heavy (non-hydrogen) atoms. The maximum Gasteiger partial charge on any atom is 0.272 e. The van der Waals surface area contributed by atoms with Gasteiger partial charge in [0.15, 0.2) is 17.1 Å². The summed E-state index contributed by atoms with van der Waals surface area (Å²) in [6, 6.07) is 9.35. The molecule has 0 amide bonds. The molecule has 2 aromatic heterocycles. The largest absolute Gasteiger partial charge is 0.493 e. The van der Waals surface area contributed by atoms with Crippen molar-refractivity contribution >= 4 is 5.65 Å². The fourth-order valence-corrected chi connectivity index (χ4v) is 4.40. The summed E-state index contributed by atoms with van der Waals surface area (Å²) in [5, 5.41) is 6.82.